The van der Waals surface area contributed by atoms with Crippen molar-refractivity contribution in [1.29, 1.82) is 0 Å². The lowest BCUT2D eigenvalue weighted by Gasteiger charge is -2.14. The van der Waals surface area contributed by atoms with Crippen molar-refractivity contribution in [2.75, 3.05) is 18.3 Å². The average molecular weight is 237 g/mol. The van der Waals surface area contributed by atoms with Crippen molar-refractivity contribution in [2.24, 2.45) is 0 Å². The Morgan fingerprint density at radius 2 is 2.07 bits per heavy atom. The van der Waals surface area contributed by atoms with Gasteiger partial charge in [0.2, 0.25) is 0 Å². The van der Waals surface area contributed by atoms with E-state index in [-0.39, 0.29) is 17.3 Å². The first-order valence-electron chi connectivity index (χ1n) is 4.09. The first-order chi connectivity index (χ1) is 6.99. The molecule has 0 aliphatic carbocycles. The molecule has 1 aromatic rings. The highest BCUT2D eigenvalue weighted by Gasteiger charge is 2.33. The van der Waals surface area contributed by atoms with E-state index in [0.717, 1.165) is 6.07 Å². The van der Waals surface area contributed by atoms with Gasteiger partial charge < -0.3 is 10.1 Å². The van der Waals surface area contributed by atoms with E-state index in [9.17, 15) is 13.2 Å². The van der Waals surface area contributed by atoms with E-state index in [1.54, 1.807) is 0 Å². The van der Waals surface area contributed by atoms with Crippen molar-refractivity contribution in [3.8, 4) is 5.75 Å². The van der Waals surface area contributed by atoms with Gasteiger partial charge in [-0.2, -0.15) is 25.8 Å². The van der Waals surface area contributed by atoms with Crippen LogP contribution in [-0.2, 0) is 6.18 Å². The monoisotopic (exact) mass is 237 g/mol. The molecule has 0 aliphatic heterocycles. The molecule has 0 spiro atoms. The zero-order chi connectivity index (χ0) is 11.5. The van der Waals surface area contributed by atoms with Crippen molar-refractivity contribution < 1.29 is 17.9 Å². The quantitative estimate of drug-likeness (QED) is 0.623. The van der Waals surface area contributed by atoms with Crippen molar-refractivity contribution in [3.63, 3.8) is 0 Å². The normalized spacial score (nSPS) is 11.3. The summed E-state index contributed by atoms with van der Waals surface area (Å²) in [6.45, 7) is 0. The van der Waals surface area contributed by atoms with Gasteiger partial charge in [0.05, 0.1) is 18.6 Å². The third kappa shape index (κ3) is 2.95. The molecule has 84 valence electrons. The molecule has 6 heteroatoms. The van der Waals surface area contributed by atoms with Crippen LogP contribution in [0.15, 0.2) is 18.2 Å². The Kier molecular flexibility index (Phi) is 3.73. The molecule has 1 aromatic carbocycles. The van der Waals surface area contributed by atoms with E-state index in [1.165, 1.54) is 19.2 Å². The van der Waals surface area contributed by atoms with Gasteiger partial charge in [0.1, 0.15) is 5.75 Å². The Balaban J connectivity index is 3.16. The topological polar surface area (TPSA) is 21.3 Å². The van der Waals surface area contributed by atoms with Crippen LogP contribution >= 0.6 is 12.6 Å². The smallest absolute Gasteiger partial charge is 0.418 e. The van der Waals surface area contributed by atoms with Crippen LogP contribution in [0.3, 0.4) is 0 Å². The lowest BCUT2D eigenvalue weighted by molar-refractivity contribution is -0.137. The van der Waals surface area contributed by atoms with Crippen LogP contribution < -0.4 is 10.1 Å². The van der Waals surface area contributed by atoms with Gasteiger partial charge in [0.15, 0.2) is 0 Å². The second-order valence-electron chi connectivity index (χ2n) is 2.74. The first-order valence-corrected chi connectivity index (χ1v) is 4.72. The molecule has 15 heavy (non-hydrogen) atoms. The number of halogens is 3. The standard InChI is InChI=1S/C9H10F3NOS/c1-14-6-2-3-8(13-5-15)7(4-6)9(10,11)12/h2-4,13,15H,5H2,1H3. The fraction of sp³-hybridized carbons (Fsp3) is 0.333. The number of alkyl halides is 3. The molecule has 0 aromatic heterocycles. The first kappa shape index (κ1) is 12.0. The lowest BCUT2D eigenvalue weighted by Crippen LogP contribution is -2.10. The number of benzene rings is 1. The highest BCUT2D eigenvalue weighted by atomic mass is 32.1. The van der Waals surface area contributed by atoms with Gasteiger partial charge in [-0.1, -0.05) is 0 Å². The summed E-state index contributed by atoms with van der Waals surface area (Å²) in [6.07, 6.45) is -4.40. The molecule has 2 nitrogen and oxygen atoms in total. The van der Waals surface area contributed by atoms with Crippen molar-refractivity contribution in [2.45, 2.75) is 6.18 Å². The predicted octanol–water partition coefficient (Wildman–Crippen LogP) is 3.01. The van der Waals surface area contributed by atoms with Crippen molar-refractivity contribution in [3.05, 3.63) is 23.8 Å². The number of ether oxygens (including phenoxy) is 1. The summed E-state index contributed by atoms with van der Waals surface area (Å²) in [7, 11) is 1.32. The summed E-state index contributed by atoms with van der Waals surface area (Å²) in [6, 6.07) is 3.73. The molecule has 0 amide bonds. The van der Waals surface area contributed by atoms with E-state index in [1.807, 2.05) is 0 Å². The largest absolute Gasteiger partial charge is 0.497 e. The number of anilines is 1. The van der Waals surface area contributed by atoms with E-state index in [0.29, 0.717) is 0 Å². The molecule has 0 radical (unpaired) electrons. The third-order valence-corrected chi connectivity index (χ3v) is 1.96. The summed E-state index contributed by atoms with van der Waals surface area (Å²) in [4.78, 5) is 0. The van der Waals surface area contributed by atoms with E-state index < -0.39 is 11.7 Å². The zero-order valence-electron chi connectivity index (χ0n) is 7.93. The number of rotatable bonds is 3. The Morgan fingerprint density at radius 3 is 2.53 bits per heavy atom. The number of hydrogen-bond donors (Lipinski definition) is 2. The number of methoxy groups -OCH3 is 1. The summed E-state index contributed by atoms with van der Waals surface area (Å²) in [5.74, 6) is 0.308. The van der Waals surface area contributed by atoms with Gasteiger partial charge in [0, 0.05) is 5.69 Å². The molecule has 1 rings (SSSR count). The average Bonchev–Trinajstić information content (AvgIpc) is 2.17. The van der Waals surface area contributed by atoms with Crippen LogP contribution in [-0.4, -0.2) is 13.0 Å². The molecule has 0 atom stereocenters. The van der Waals surface area contributed by atoms with E-state index in [4.69, 9.17) is 4.74 Å². The van der Waals surface area contributed by atoms with Gasteiger partial charge in [-0.15, -0.1) is 0 Å². The molecule has 0 unspecified atom stereocenters. The molecular weight excluding hydrogens is 227 g/mol. The molecule has 1 N–H and O–H groups in total. The van der Waals surface area contributed by atoms with Crippen molar-refractivity contribution in [1.82, 2.24) is 0 Å². The fourth-order valence-corrected chi connectivity index (χ4v) is 1.29. The third-order valence-electron chi connectivity index (χ3n) is 1.80. The molecule has 0 aliphatic rings. The van der Waals surface area contributed by atoms with Gasteiger partial charge in [-0.25, -0.2) is 0 Å². The predicted molar refractivity (Wildman–Crippen MR) is 55.5 cm³/mol. The van der Waals surface area contributed by atoms with E-state index in [2.05, 4.69) is 17.9 Å². The minimum Gasteiger partial charge on any atom is -0.497 e. The molecular formula is C9H10F3NOS. The molecule has 0 heterocycles. The van der Waals surface area contributed by atoms with Gasteiger partial charge in [-0.3, -0.25) is 0 Å². The maximum atomic E-state index is 12.6. The fourth-order valence-electron chi connectivity index (χ4n) is 1.12. The van der Waals surface area contributed by atoms with Crippen LogP contribution in [0.25, 0.3) is 0 Å². The van der Waals surface area contributed by atoms with Crippen LogP contribution in [0.1, 0.15) is 5.56 Å². The Hall–Kier alpha value is -1.04. The second kappa shape index (κ2) is 4.65. The minimum absolute atomic E-state index is 0.00157. The van der Waals surface area contributed by atoms with E-state index >= 15 is 0 Å². The lowest BCUT2D eigenvalue weighted by atomic mass is 10.1. The number of thiol groups is 1. The van der Waals surface area contributed by atoms with Crippen molar-refractivity contribution >= 4 is 18.3 Å². The Morgan fingerprint density at radius 1 is 1.40 bits per heavy atom. The molecule has 0 saturated carbocycles. The number of nitrogens with one attached hydrogen (secondary N) is 1. The summed E-state index contributed by atoms with van der Waals surface area (Å²) in [5, 5.41) is 2.52. The molecule has 0 bridgehead atoms. The molecule has 0 saturated heterocycles. The summed E-state index contributed by atoms with van der Waals surface area (Å²) >= 11 is 3.81. The number of hydrogen-bond acceptors (Lipinski definition) is 3. The maximum absolute atomic E-state index is 12.6. The van der Waals surface area contributed by atoms with Crippen LogP contribution in [0.4, 0.5) is 18.9 Å². The van der Waals surface area contributed by atoms with Crippen LogP contribution in [0.5, 0.6) is 5.75 Å². The zero-order valence-corrected chi connectivity index (χ0v) is 8.82. The highest BCUT2D eigenvalue weighted by molar-refractivity contribution is 7.80. The van der Waals surface area contributed by atoms with Gasteiger partial charge >= 0.3 is 6.18 Å². The van der Waals surface area contributed by atoms with Gasteiger partial charge in [0.25, 0.3) is 0 Å². The maximum Gasteiger partial charge on any atom is 0.418 e. The van der Waals surface area contributed by atoms with Gasteiger partial charge in [-0.05, 0) is 18.2 Å². The second-order valence-corrected chi connectivity index (χ2v) is 3.06. The van der Waals surface area contributed by atoms with Crippen LogP contribution in [0.2, 0.25) is 0 Å². The Labute approximate surface area is 90.8 Å². The van der Waals surface area contributed by atoms with Crippen LogP contribution in [0, 0.1) is 0 Å². The molecule has 0 fully saturated rings. The summed E-state index contributed by atoms with van der Waals surface area (Å²) < 4.78 is 42.4. The Bertz CT molecular complexity index is 341. The highest BCUT2D eigenvalue weighted by Crippen LogP contribution is 2.37. The minimum atomic E-state index is -4.40. The summed E-state index contributed by atoms with van der Waals surface area (Å²) in [5.41, 5.74) is -0.755. The SMILES string of the molecule is COc1ccc(NCS)c(C(F)(F)F)c1.